The SMILES string of the molecule is CCCCCC[C@@H](C)C[C@H](CNC(=O)O[C@@H](OC(=O)C(C)C)C(C)C)CC(=O)O. The van der Waals surface area contributed by atoms with Gasteiger partial charge in [-0.3, -0.25) is 9.59 Å². The Hall–Kier alpha value is -1.79. The number of unbranched alkanes of at least 4 members (excludes halogenated alkanes) is 3. The van der Waals surface area contributed by atoms with Gasteiger partial charge in [0.05, 0.1) is 5.92 Å². The van der Waals surface area contributed by atoms with Crippen LogP contribution in [0.4, 0.5) is 4.79 Å². The van der Waals surface area contributed by atoms with Crippen molar-refractivity contribution in [3.8, 4) is 0 Å². The van der Waals surface area contributed by atoms with Gasteiger partial charge in [0.25, 0.3) is 6.29 Å². The number of aliphatic carboxylic acids is 1. The summed E-state index contributed by atoms with van der Waals surface area (Å²) < 4.78 is 10.5. The fourth-order valence-corrected chi connectivity index (χ4v) is 3.01. The number of hydrogen-bond donors (Lipinski definition) is 2. The summed E-state index contributed by atoms with van der Waals surface area (Å²) in [5.41, 5.74) is 0. The molecular weight excluding hydrogens is 374 g/mol. The number of rotatable bonds is 15. The highest BCUT2D eigenvalue weighted by Crippen LogP contribution is 2.21. The van der Waals surface area contributed by atoms with Gasteiger partial charge in [0.2, 0.25) is 0 Å². The lowest BCUT2D eigenvalue weighted by molar-refractivity contribution is -0.178. The average Bonchev–Trinajstić information content (AvgIpc) is 2.62. The van der Waals surface area contributed by atoms with Gasteiger partial charge in [0, 0.05) is 18.9 Å². The first-order valence-electron chi connectivity index (χ1n) is 10.9. The van der Waals surface area contributed by atoms with E-state index in [9.17, 15) is 19.5 Å². The zero-order valence-corrected chi connectivity index (χ0v) is 19.0. The second-order valence-corrected chi connectivity index (χ2v) is 8.64. The molecule has 29 heavy (non-hydrogen) atoms. The number of alkyl carbamates (subject to hydrolysis) is 1. The largest absolute Gasteiger partial charge is 0.481 e. The number of carbonyl (C=O) groups is 3. The summed E-state index contributed by atoms with van der Waals surface area (Å²) in [6, 6.07) is 0. The van der Waals surface area contributed by atoms with Crippen LogP contribution < -0.4 is 5.32 Å². The minimum absolute atomic E-state index is 0.00444. The molecule has 2 N–H and O–H groups in total. The number of esters is 1. The van der Waals surface area contributed by atoms with Crippen molar-refractivity contribution in [1.29, 1.82) is 0 Å². The van der Waals surface area contributed by atoms with Crippen LogP contribution >= 0.6 is 0 Å². The molecule has 0 unspecified atom stereocenters. The molecule has 0 rings (SSSR count). The van der Waals surface area contributed by atoms with E-state index in [1.807, 2.05) is 0 Å². The van der Waals surface area contributed by atoms with Gasteiger partial charge in [0.1, 0.15) is 0 Å². The Bertz CT molecular complexity index is 492. The van der Waals surface area contributed by atoms with Gasteiger partial charge >= 0.3 is 18.0 Å². The number of carboxylic acid groups (broad SMARTS) is 1. The molecule has 0 aromatic heterocycles. The topological polar surface area (TPSA) is 102 Å². The summed E-state index contributed by atoms with van der Waals surface area (Å²) in [5, 5.41) is 11.8. The molecule has 3 atom stereocenters. The molecule has 0 fully saturated rings. The summed E-state index contributed by atoms with van der Waals surface area (Å²) >= 11 is 0. The molecule has 0 saturated heterocycles. The van der Waals surface area contributed by atoms with Gasteiger partial charge in [-0.2, -0.15) is 0 Å². The molecule has 0 aromatic rings. The van der Waals surface area contributed by atoms with E-state index in [-0.39, 0.29) is 30.7 Å². The number of nitrogens with one attached hydrogen (secondary N) is 1. The average molecular weight is 416 g/mol. The molecule has 0 aliphatic heterocycles. The van der Waals surface area contributed by atoms with Crippen LogP contribution in [0.2, 0.25) is 0 Å². The van der Waals surface area contributed by atoms with Crippen molar-refractivity contribution in [2.45, 2.75) is 92.8 Å². The van der Waals surface area contributed by atoms with Crippen LogP contribution in [0.5, 0.6) is 0 Å². The smallest absolute Gasteiger partial charge is 0.410 e. The Morgan fingerprint density at radius 2 is 1.62 bits per heavy atom. The van der Waals surface area contributed by atoms with Crippen molar-refractivity contribution in [2.24, 2.45) is 23.7 Å². The summed E-state index contributed by atoms with van der Waals surface area (Å²) in [5.74, 6) is -1.60. The third kappa shape index (κ3) is 13.9. The minimum Gasteiger partial charge on any atom is -0.481 e. The van der Waals surface area contributed by atoms with E-state index in [0.29, 0.717) is 5.92 Å². The van der Waals surface area contributed by atoms with E-state index >= 15 is 0 Å². The molecular formula is C22H41NO6. The van der Waals surface area contributed by atoms with Crippen molar-refractivity contribution in [1.82, 2.24) is 5.32 Å². The van der Waals surface area contributed by atoms with Crippen LogP contribution in [0.3, 0.4) is 0 Å². The highest BCUT2D eigenvalue weighted by Gasteiger charge is 2.25. The fourth-order valence-electron chi connectivity index (χ4n) is 3.01. The molecule has 0 aromatic carbocycles. The van der Waals surface area contributed by atoms with E-state index in [1.165, 1.54) is 19.3 Å². The van der Waals surface area contributed by atoms with Crippen LogP contribution in [0.15, 0.2) is 0 Å². The van der Waals surface area contributed by atoms with Crippen molar-refractivity contribution in [3.05, 3.63) is 0 Å². The quantitative estimate of drug-likeness (QED) is 0.222. The predicted octanol–water partition coefficient (Wildman–Crippen LogP) is 4.98. The molecule has 0 spiro atoms. The number of carbonyl (C=O) groups excluding carboxylic acids is 2. The first kappa shape index (κ1) is 27.2. The highest BCUT2D eigenvalue weighted by molar-refractivity contribution is 5.72. The maximum absolute atomic E-state index is 12.2. The van der Waals surface area contributed by atoms with E-state index < -0.39 is 24.3 Å². The van der Waals surface area contributed by atoms with Gasteiger partial charge in [-0.25, -0.2) is 4.79 Å². The minimum atomic E-state index is -0.972. The van der Waals surface area contributed by atoms with Crippen LogP contribution in [0, 0.1) is 23.7 Å². The third-order valence-electron chi connectivity index (χ3n) is 4.76. The number of carboxylic acids is 1. The van der Waals surface area contributed by atoms with Crippen molar-refractivity contribution in [2.75, 3.05) is 6.54 Å². The van der Waals surface area contributed by atoms with Gasteiger partial charge in [-0.1, -0.05) is 73.6 Å². The Kier molecular flexibility index (Phi) is 14.2. The summed E-state index contributed by atoms with van der Waals surface area (Å²) in [7, 11) is 0. The third-order valence-corrected chi connectivity index (χ3v) is 4.76. The van der Waals surface area contributed by atoms with Crippen LogP contribution in [0.25, 0.3) is 0 Å². The lowest BCUT2D eigenvalue weighted by atomic mass is 9.89. The predicted molar refractivity (Wildman–Crippen MR) is 112 cm³/mol. The lowest BCUT2D eigenvalue weighted by Crippen LogP contribution is -2.37. The lowest BCUT2D eigenvalue weighted by Gasteiger charge is -2.24. The van der Waals surface area contributed by atoms with E-state index in [0.717, 1.165) is 19.3 Å². The van der Waals surface area contributed by atoms with Crippen LogP contribution in [-0.4, -0.2) is 36.0 Å². The maximum atomic E-state index is 12.2. The van der Waals surface area contributed by atoms with Crippen molar-refractivity contribution < 1.29 is 29.0 Å². The molecule has 0 aliphatic rings. The molecule has 0 heterocycles. The highest BCUT2D eigenvalue weighted by atomic mass is 16.7. The zero-order valence-electron chi connectivity index (χ0n) is 19.0. The standard InChI is InChI=1S/C22H41NO6/c1-7-8-9-10-11-17(6)12-18(13-19(24)25)14-23-22(27)29-21(16(4)5)28-20(26)15(2)3/h15-18,21H,7-14H2,1-6H3,(H,23,27)(H,24,25)/t17-,18+,21-/m1/s1. The normalized spacial score (nSPS) is 14.3. The second-order valence-electron chi connectivity index (χ2n) is 8.64. The van der Waals surface area contributed by atoms with Crippen molar-refractivity contribution >= 4 is 18.0 Å². The van der Waals surface area contributed by atoms with E-state index in [4.69, 9.17) is 9.47 Å². The first-order chi connectivity index (χ1) is 13.6. The van der Waals surface area contributed by atoms with Crippen LogP contribution in [-0.2, 0) is 19.1 Å². The first-order valence-corrected chi connectivity index (χ1v) is 10.9. The van der Waals surface area contributed by atoms with Gasteiger partial charge in [-0.15, -0.1) is 0 Å². The molecule has 0 saturated carbocycles. The molecule has 7 heteroatoms. The molecule has 0 aliphatic carbocycles. The van der Waals surface area contributed by atoms with Gasteiger partial charge in [-0.05, 0) is 18.3 Å². The molecule has 0 bridgehead atoms. The Morgan fingerprint density at radius 3 is 2.14 bits per heavy atom. The van der Waals surface area contributed by atoms with Crippen LogP contribution in [0.1, 0.15) is 86.5 Å². The Morgan fingerprint density at radius 1 is 0.966 bits per heavy atom. The van der Waals surface area contributed by atoms with Gasteiger partial charge in [0.15, 0.2) is 0 Å². The molecule has 1 amide bonds. The monoisotopic (exact) mass is 415 g/mol. The number of amides is 1. The van der Waals surface area contributed by atoms with Gasteiger partial charge < -0.3 is 19.9 Å². The second kappa shape index (κ2) is 15.1. The Labute approximate surface area is 175 Å². The summed E-state index contributed by atoms with van der Waals surface area (Å²) in [4.78, 5) is 35.1. The fraction of sp³-hybridized carbons (Fsp3) is 0.864. The molecule has 0 radical (unpaired) electrons. The summed E-state index contributed by atoms with van der Waals surface area (Å²) in [6.07, 6.45) is 4.85. The van der Waals surface area contributed by atoms with E-state index in [1.54, 1.807) is 27.7 Å². The Balaban J connectivity index is 4.58. The number of hydrogen-bond acceptors (Lipinski definition) is 5. The van der Waals surface area contributed by atoms with E-state index in [2.05, 4.69) is 19.2 Å². The summed E-state index contributed by atoms with van der Waals surface area (Å²) in [6.45, 7) is 11.5. The zero-order chi connectivity index (χ0) is 22.4. The number of ether oxygens (including phenoxy) is 2. The van der Waals surface area contributed by atoms with Crippen molar-refractivity contribution in [3.63, 3.8) is 0 Å². The maximum Gasteiger partial charge on any atom is 0.410 e. The molecule has 170 valence electrons. The molecule has 7 nitrogen and oxygen atoms in total.